The third-order valence-electron chi connectivity index (χ3n) is 3.47. The zero-order chi connectivity index (χ0) is 13.6. The van der Waals surface area contributed by atoms with Gasteiger partial charge in [-0.25, -0.2) is 4.98 Å². The number of aliphatic hydroxyl groups excluding tert-OH is 2. The van der Waals surface area contributed by atoms with E-state index in [2.05, 4.69) is 25.5 Å². The minimum absolute atomic E-state index is 0.0123. The Balaban J connectivity index is 1.92. The van der Waals surface area contributed by atoms with Gasteiger partial charge in [0.05, 0.1) is 18.8 Å². The normalized spacial score (nSPS) is 32.7. The lowest BCUT2D eigenvalue weighted by Gasteiger charge is -2.16. The molecule has 1 unspecified atom stereocenters. The smallest absolute Gasteiger partial charge is 0.280 e. The summed E-state index contributed by atoms with van der Waals surface area (Å²) in [4.78, 5) is 18.1. The summed E-state index contributed by atoms with van der Waals surface area (Å²) in [6.07, 6.45) is -0.253. The van der Waals surface area contributed by atoms with E-state index >= 15 is 0 Å². The lowest BCUT2D eigenvalue weighted by Crippen LogP contribution is -2.38. The average Bonchev–Trinajstić information content (AvgIpc) is 2.92. The molecule has 4 atom stereocenters. The number of anilines is 1. The van der Waals surface area contributed by atoms with Gasteiger partial charge in [-0.2, -0.15) is 5.11 Å². The molecular weight excluding hydrogens is 252 g/mol. The molecule has 0 aliphatic carbocycles. The number of azo groups is 1. The molecule has 1 aromatic heterocycles. The maximum absolute atomic E-state index is 11.6. The average molecular weight is 266 g/mol. The molecule has 2 aliphatic heterocycles. The van der Waals surface area contributed by atoms with Crippen LogP contribution in [0.25, 0.3) is 0 Å². The molecule has 0 spiro atoms. The molecule has 6 N–H and O–H groups in total. The van der Waals surface area contributed by atoms with Gasteiger partial charge in [-0.1, -0.05) is 0 Å². The number of nitrogens with zero attached hydrogens (tertiary/aromatic N) is 3. The number of nitrogen functional groups attached to an aromatic ring is 1. The van der Waals surface area contributed by atoms with Crippen molar-refractivity contribution in [2.45, 2.75) is 30.7 Å². The van der Waals surface area contributed by atoms with Crippen LogP contribution in [0.15, 0.2) is 15.0 Å². The number of H-pyrrole nitrogens is 1. The molecule has 0 aromatic carbocycles. The molecule has 9 heteroatoms. The number of nitrogens with two attached hydrogens (primary N) is 1. The highest BCUT2D eigenvalue weighted by atomic mass is 16.3. The molecule has 1 saturated heterocycles. The fourth-order valence-electron chi connectivity index (χ4n) is 2.52. The zero-order valence-corrected chi connectivity index (χ0v) is 9.95. The van der Waals surface area contributed by atoms with Gasteiger partial charge in [0.1, 0.15) is 11.7 Å². The van der Waals surface area contributed by atoms with Crippen molar-refractivity contribution in [3.8, 4) is 0 Å². The lowest BCUT2D eigenvalue weighted by atomic mass is 10.0. The molecule has 2 aliphatic rings. The Labute approximate surface area is 107 Å². The second-order valence-electron chi connectivity index (χ2n) is 4.71. The first kappa shape index (κ1) is 12.2. The first-order valence-corrected chi connectivity index (χ1v) is 5.95. The fraction of sp³-hybridized carbons (Fsp3) is 0.600. The Bertz CT molecular complexity index is 585. The number of nitrogens with one attached hydrogen (secondary N) is 2. The maximum atomic E-state index is 11.6. The Morgan fingerprint density at radius 2 is 2.26 bits per heavy atom. The minimum atomic E-state index is -0.659. The molecule has 0 radical (unpaired) electrons. The van der Waals surface area contributed by atoms with Crippen LogP contribution in [-0.4, -0.2) is 45.0 Å². The van der Waals surface area contributed by atoms with Crippen molar-refractivity contribution in [2.75, 3.05) is 12.3 Å². The Morgan fingerprint density at radius 1 is 1.47 bits per heavy atom. The molecule has 19 heavy (non-hydrogen) atoms. The van der Waals surface area contributed by atoms with E-state index in [1.807, 2.05) is 0 Å². The quantitative estimate of drug-likeness (QED) is 0.443. The predicted octanol–water partition coefficient (Wildman–Crippen LogP) is -1.43. The molecule has 1 aromatic rings. The Kier molecular flexibility index (Phi) is 2.81. The van der Waals surface area contributed by atoms with Gasteiger partial charge in [-0.05, 0) is 6.42 Å². The van der Waals surface area contributed by atoms with Crippen molar-refractivity contribution in [1.82, 2.24) is 15.3 Å². The predicted molar refractivity (Wildman–Crippen MR) is 64.9 cm³/mol. The summed E-state index contributed by atoms with van der Waals surface area (Å²) in [6.45, 7) is -0.167. The lowest BCUT2D eigenvalue weighted by molar-refractivity contribution is 0.121. The molecule has 3 heterocycles. The zero-order valence-electron chi connectivity index (χ0n) is 9.95. The largest absolute Gasteiger partial charge is 0.395 e. The summed E-state index contributed by atoms with van der Waals surface area (Å²) in [5.41, 5.74) is 5.65. The van der Waals surface area contributed by atoms with Crippen LogP contribution in [0.2, 0.25) is 0 Å². The van der Waals surface area contributed by atoms with E-state index in [-0.39, 0.29) is 24.3 Å². The second-order valence-corrected chi connectivity index (χ2v) is 4.71. The summed E-state index contributed by atoms with van der Waals surface area (Å²) in [6, 6.07) is -1.10. The van der Waals surface area contributed by atoms with Crippen molar-refractivity contribution < 1.29 is 10.2 Å². The van der Waals surface area contributed by atoms with Crippen LogP contribution in [0.3, 0.4) is 0 Å². The van der Waals surface area contributed by atoms with E-state index < -0.39 is 23.7 Å². The summed E-state index contributed by atoms with van der Waals surface area (Å²) in [5, 5.41) is 29.8. The SMILES string of the molecule is Nc1nc2c(c(=O)[nH]1)N=NC2[C@H]1C[C@H](O)[C@@H](CO)N1. The third kappa shape index (κ3) is 1.91. The van der Waals surface area contributed by atoms with E-state index in [1.165, 1.54) is 0 Å². The van der Waals surface area contributed by atoms with Crippen molar-refractivity contribution in [2.24, 2.45) is 10.2 Å². The van der Waals surface area contributed by atoms with Crippen LogP contribution in [0, 0.1) is 0 Å². The van der Waals surface area contributed by atoms with Gasteiger partial charge >= 0.3 is 0 Å². The number of aromatic nitrogens is 2. The van der Waals surface area contributed by atoms with Crippen LogP contribution in [0.1, 0.15) is 18.2 Å². The number of hydrogen-bond acceptors (Lipinski definition) is 8. The number of fused-ring (bicyclic) bond motifs is 1. The molecule has 1 fully saturated rings. The maximum Gasteiger partial charge on any atom is 0.280 e. The van der Waals surface area contributed by atoms with Crippen molar-refractivity contribution in [1.29, 1.82) is 0 Å². The van der Waals surface area contributed by atoms with E-state index in [0.717, 1.165) is 0 Å². The molecule has 9 nitrogen and oxygen atoms in total. The number of aromatic amines is 1. The molecule has 0 bridgehead atoms. The molecular formula is C10H14N6O3. The number of aliphatic hydroxyl groups is 2. The topological polar surface area (TPSA) is 149 Å². The molecule has 0 saturated carbocycles. The van der Waals surface area contributed by atoms with Crippen LogP contribution < -0.4 is 16.6 Å². The monoisotopic (exact) mass is 266 g/mol. The van der Waals surface area contributed by atoms with Crippen molar-refractivity contribution >= 4 is 11.6 Å². The van der Waals surface area contributed by atoms with Gasteiger partial charge in [-0.3, -0.25) is 9.78 Å². The third-order valence-corrected chi connectivity index (χ3v) is 3.47. The van der Waals surface area contributed by atoms with Crippen molar-refractivity contribution in [3.63, 3.8) is 0 Å². The molecule has 0 amide bonds. The van der Waals surface area contributed by atoms with Gasteiger partial charge < -0.3 is 21.3 Å². The van der Waals surface area contributed by atoms with Gasteiger partial charge in [0, 0.05) is 6.04 Å². The van der Waals surface area contributed by atoms with E-state index in [4.69, 9.17) is 10.8 Å². The van der Waals surface area contributed by atoms with Gasteiger partial charge in [-0.15, -0.1) is 5.11 Å². The first-order valence-electron chi connectivity index (χ1n) is 5.95. The van der Waals surface area contributed by atoms with Gasteiger partial charge in [0.2, 0.25) is 5.95 Å². The summed E-state index contributed by atoms with van der Waals surface area (Å²) < 4.78 is 0. The highest BCUT2D eigenvalue weighted by Gasteiger charge is 2.40. The molecule has 102 valence electrons. The second kappa shape index (κ2) is 4.37. The number of rotatable bonds is 2. The summed E-state index contributed by atoms with van der Waals surface area (Å²) in [7, 11) is 0. The highest BCUT2D eigenvalue weighted by molar-refractivity contribution is 5.46. The van der Waals surface area contributed by atoms with E-state index in [0.29, 0.717) is 12.1 Å². The minimum Gasteiger partial charge on any atom is -0.395 e. The van der Waals surface area contributed by atoms with Crippen LogP contribution in [0.5, 0.6) is 0 Å². The van der Waals surface area contributed by atoms with Crippen LogP contribution in [-0.2, 0) is 0 Å². The van der Waals surface area contributed by atoms with Gasteiger partial charge in [0.15, 0.2) is 5.69 Å². The fourth-order valence-corrected chi connectivity index (χ4v) is 2.52. The van der Waals surface area contributed by atoms with Crippen LogP contribution in [0.4, 0.5) is 11.6 Å². The summed E-state index contributed by atoms with van der Waals surface area (Å²) in [5.74, 6) is 0.0123. The standard InChI is InChI=1S/C10H14N6O3/c11-10-13-7-6(15-16-8(7)9(19)14-10)3-1-5(18)4(2-17)12-3/h3-6,12,17-18H,1-2H2,(H3,11,13,14,19)/t3-,4-,5+,6?/m1/s1. The summed E-state index contributed by atoms with van der Waals surface area (Å²) >= 11 is 0. The highest BCUT2D eigenvalue weighted by Crippen LogP contribution is 2.37. The van der Waals surface area contributed by atoms with Crippen LogP contribution >= 0.6 is 0 Å². The van der Waals surface area contributed by atoms with Crippen molar-refractivity contribution in [3.05, 3.63) is 16.0 Å². The number of hydrogen-bond donors (Lipinski definition) is 5. The van der Waals surface area contributed by atoms with E-state index in [9.17, 15) is 9.90 Å². The first-order chi connectivity index (χ1) is 9.10. The Hall–Kier alpha value is -1.84. The molecule has 3 rings (SSSR count). The Morgan fingerprint density at radius 3 is 2.95 bits per heavy atom. The van der Waals surface area contributed by atoms with E-state index in [1.54, 1.807) is 0 Å². The van der Waals surface area contributed by atoms with Gasteiger partial charge in [0.25, 0.3) is 5.56 Å².